The van der Waals surface area contributed by atoms with Crippen molar-refractivity contribution in [1.29, 1.82) is 0 Å². The third kappa shape index (κ3) is 3.20. The van der Waals surface area contributed by atoms with Gasteiger partial charge in [-0.2, -0.15) is 5.10 Å². The van der Waals surface area contributed by atoms with E-state index in [0.29, 0.717) is 4.77 Å². The molecule has 0 amide bonds. The van der Waals surface area contributed by atoms with E-state index in [1.54, 1.807) is 0 Å². The highest BCUT2D eigenvalue weighted by molar-refractivity contribution is 7.71. The van der Waals surface area contributed by atoms with Gasteiger partial charge in [0.15, 0.2) is 4.77 Å². The Balaban J connectivity index is 1.74. The molecule has 2 aromatic carbocycles. The summed E-state index contributed by atoms with van der Waals surface area (Å²) in [5.74, 6) is 0.926. The van der Waals surface area contributed by atoms with E-state index in [-0.39, 0.29) is 0 Å². The van der Waals surface area contributed by atoms with Crippen molar-refractivity contribution in [3.05, 3.63) is 71.3 Å². The lowest BCUT2D eigenvalue weighted by atomic mass is 10.3. The first-order valence-electron chi connectivity index (χ1n) is 6.85. The van der Waals surface area contributed by atoms with Crippen molar-refractivity contribution in [2.75, 3.05) is 11.9 Å². The Labute approximate surface area is 128 Å². The predicted molar refractivity (Wildman–Crippen MR) is 87.4 cm³/mol. The molecule has 0 aliphatic heterocycles. The highest BCUT2D eigenvalue weighted by Gasteiger charge is 2.07. The Hall–Kier alpha value is -2.40. The summed E-state index contributed by atoms with van der Waals surface area (Å²) in [6.07, 6.45) is 0.789. The number of hydrogen-bond donors (Lipinski definition) is 2. The van der Waals surface area contributed by atoms with E-state index in [9.17, 15) is 0 Å². The van der Waals surface area contributed by atoms with Gasteiger partial charge in [0.2, 0.25) is 0 Å². The van der Waals surface area contributed by atoms with Gasteiger partial charge in [0.05, 0.1) is 0 Å². The van der Waals surface area contributed by atoms with Gasteiger partial charge in [0, 0.05) is 24.3 Å². The number of aromatic amines is 1. The smallest absolute Gasteiger partial charge is 0.199 e. The molecule has 3 aromatic rings. The molecule has 5 heteroatoms. The largest absolute Gasteiger partial charge is 0.385 e. The van der Waals surface area contributed by atoms with Gasteiger partial charge in [0.1, 0.15) is 5.82 Å². The molecule has 1 heterocycles. The van der Waals surface area contributed by atoms with Crippen LogP contribution in [0.2, 0.25) is 0 Å². The number of aromatic nitrogens is 3. The van der Waals surface area contributed by atoms with Crippen LogP contribution in [0, 0.1) is 4.77 Å². The molecule has 0 unspecified atom stereocenters. The normalized spacial score (nSPS) is 10.5. The molecule has 0 radical (unpaired) electrons. The standard InChI is InChI=1S/C16H16N4S/c21-16-19-18-15(20(16)14-9-5-2-6-10-14)11-12-17-13-7-3-1-4-8-13/h1-10,17H,11-12H2,(H,19,21). The monoisotopic (exact) mass is 296 g/mol. The molecule has 0 saturated carbocycles. The maximum absolute atomic E-state index is 5.32. The zero-order valence-electron chi connectivity index (χ0n) is 11.5. The summed E-state index contributed by atoms with van der Waals surface area (Å²) >= 11 is 5.32. The SMILES string of the molecule is S=c1[nH]nc(CCNc2ccccc2)n1-c1ccccc1. The number of rotatable bonds is 5. The topological polar surface area (TPSA) is 45.6 Å². The van der Waals surface area contributed by atoms with Gasteiger partial charge in [-0.15, -0.1) is 0 Å². The Morgan fingerprint density at radius 2 is 1.67 bits per heavy atom. The van der Waals surface area contributed by atoms with E-state index in [1.165, 1.54) is 0 Å². The van der Waals surface area contributed by atoms with Crippen molar-refractivity contribution in [2.45, 2.75) is 6.42 Å². The van der Waals surface area contributed by atoms with E-state index in [2.05, 4.69) is 15.5 Å². The fourth-order valence-electron chi connectivity index (χ4n) is 2.22. The molecule has 3 rings (SSSR count). The van der Waals surface area contributed by atoms with Crippen molar-refractivity contribution in [2.24, 2.45) is 0 Å². The molecule has 0 spiro atoms. The second-order valence-corrected chi connectivity index (χ2v) is 5.05. The molecular weight excluding hydrogens is 280 g/mol. The fraction of sp³-hybridized carbons (Fsp3) is 0.125. The van der Waals surface area contributed by atoms with Crippen LogP contribution in [0.4, 0.5) is 5.69 Å². The molecule has 0 saturated heterocycles. The van der Waals surface area contributed by atoms with Crippen LogP contribution in [0.25, 0.3) is 5.69 Å². The average Bonchev–Trinajstić information content (AvgIpc) is 2.90. The van der Waals surface area contributed by atoms with Crippen LogP contribution in [-0.4, -0.2) is 21.3 Å². The molecule has 2 N–H and O–H groups in total. The van der Waals surface area contributed by atoms with Crippen LogP contribution >= 0.6 is 12.2 Å². The Kier molecular flexibility index (Phi) is 4.12. The van der Waals surface area contributed by atoms with E-state index in [0.717, 1.165) is 30.2 Å². The summed E-state index contributed by atoms with van der Waals surface area (Å²) < 4.78 is 2.60. The van der Waals surface area contributed by atoms with Crippen molar-refractivity contribution in [1.82, 2.24) is 14.8 Å². The average molecular weight is 296 g/mol. The number of nitrogens with one attached hydrogen (secondary N) is 2. The van der Waals surface area contributed by atoms with Crippen molar-refractivity contribution in [3.63, 3.8) is 0 Å². The van der Waals surface area contributed by atoms with E-state index in [1.807, 2.05) is 65.2 Å². The first-order chi connectivity index (χ1) is 10.3. The van der Waals surface area contributed by atoms with Crippen LogP contribution in [0.5, 0.6) is 0 Å². The quantitative estimate of drug-likeness (QED) is 0.707. The first kappa shape index (κ1) is 13.6. The third-order valence-corrected chi connectivity index (χ3v) is 3.48. The number of hydrogen-bond acceptors (Lipinski definition) is 3. The second-order valence-electron chi connectivity index (χ2n) is 4.66. The summed E-state index contributed by atoms with van der Waals surface area (Å²) in [6.45, 7) is 0.802. The maximum Gasteiger partial charge on any atom is 0.199 e. The van der Waals surface area contributed by atoms with Crippen molar-refractivity contribution in [3.8, 4) is 5.69 Å². The number of benzene rings is 2. The van der Waals surface area contributed by atoms with Gasteiger partial charge in [-0.1, -0.05) is 36.4 Å². The van der Waals surface area contributed by atoms with Gasteiger partial charge < -0.3 is 5.32 Å². The summed E-state index contributed by atoms with van der Waals surface area (Å²) in [5.41, 5.74) is 2.14. The lowest BCUT2D eigenvalue weighted by Gasteiger charge is -2.08. The minimum Gasteiger partial charge on any atom is -0.385 e. The molecule has 0 fully saturated rings. The minimum atomic E-state index is 0.621. The van der Waals surface area contributed by atoms with Crippen LogP contribution in [0.3, 0.4) is 0 Å². The van der Waals surface area contributed by atoms with Crippen LogP contribution in [0.1, 0.15) is 5.82 Å². The Morgan fingerprint density at radius 3 is 2.38 bits per heavy atom. The highest BCUT2D eigenvalue weighted by Crippen LogP contribution is 2.11. The zero-order chi connectivity index (χ0) is 14.5. The number of H-pyrrole nitrogens is 1. The molecule has 0 bridgehead atoms. The summed E-state index contributed by atoms with van der Waals surface area (Å²) in [6, 6.07) is 20.2. The molecule has 0 aliphatic carbocycles. The maximum atomic E-state index is 5.32. The fourth-order valence-corrected chi connectivity index (χ4v) is 2.47. The lowest BCUT2D eigenvalue weighted by Crippen LogP contribution is -2.09. The van der Waals surface area contributed by atoms with Crippen LogP contribution in [-0.2, 0) is 6.42 Å². The zero-order valence-corrected chi connectivity index (χ0v) is 12.3. The third-order valence-electron chi connectivity index (χ3n) is 3.21. The molecule has 1 aromatic heterocycles. The molecule has 106 valence electrons. The van der Waals surface area contributed by atoms with Gasteiger partial charge in [-0.25, -0.2) is 0 Å². The van der Waals surface area contributed by atoms with Crippen molar-refractivity contribution >= 4 is 17.9 Å². The van der Waals surface area contributed by atoms with E-state index < -0.39 is 0 Å². The number of para-hydroxylation sites is 2. The molecule has 0 atom stereocenters. The van der Waals surface area contributed by atoms with Crippen molar-refractivity contribution < 1.29 is 0 Å². The Bertz CT molecular complexity index is 747. The van der Waals surface area contributed by atoms with Crippen LogP contribution < -0.4 is 5.32 Å². The second kappa shape index (κ2) is 6.37. The minimum absolute atomic E-state index is 0.621. The molecule has 4 nitrogen and oxygen atoms in total. The summed E-state index contributed by atoms with van der Waals surface area (Å²) in [7, 11) is 0. The van der Waals surface area contributed by atoms with E-state index in [4.69, 9.17) is 12.2 Å². The van der Waals surface area contributed by atoms with E-state index >= 15 is 0 Å². The number of nitrogens with zero attached hydrogens (tertiary/aromatic N) is 2. The molecular formula is C16H16N4S. The van der Waals surface area contributed by atoms with Gasteiger partial charge in [-0.05, 0) is 36.5 Å². The predicted octanol–water partition coefficient (Wildman–Crippen LogP) is 3.58. The Morgan fingerprint density at radius 1 is 1.00 bits per heavy atom. The van der Waals surface area contributed by atoms with Gasteiger partial charge in [-0.3, -0.25) is 9.67 Å². The van der Waals surface area contributed by atoms with Gasteiger partial charge >= 0.3 is 0 Å². The first-order valence-corrected chi connectivity index (χ1v) is 7.26. The summed E-state index contributed by atoms with van der Waals surface area (Å²) in [5, 5.41) is 10.6. The molecule has 21 heavy (non-hydrogen) atoms. The van der Waals surface area contributed by atoms with Gasteiger partial charge in [0.25, 0.3) is 0 Å². The highest BCUT2D eigenvalue weighted by atomic mass is 32.1. The lowest BCUT2D eigenvalue weighted by molar-refractivity contribution is 0.848. The number of anilines is 1. The summed E-state index contributed by atoms with van der Waals surface area (Å²) in [4.78, 5) is 0. The molecule has 0 aliphatic rings. The van der Waals surface area contributed by atoms with Crippen LogP contribution in [0.15, 0.2) is 60.7 Å².